The van der Waals surface area contributed by atoms with E-state index in [0.717, 1.165) is 5.56 Å². The minimum Gasteiger partial charge on any atom is -0.462 e. The minimum atomic E-state index is -0.291. The summed E-state index contributed by atoms with van der Waals surface area (Å²) in [6.07, 6.45) is 3.72. The van der Waals surface area contributed by atoms with Crippen molar-refractivity contribution in [3.05, 3.63) is 41.5 Å². The summed E-state index contributed by atoms with van der Waals surface area (Å²) in [7, 11) is 0. The van der Waals surface area contributed by atoms with E-state index in [2.05, 4.69) is 0 Å². The van der Waals surface area contributed by atoms with E-state index in [-0.39, 0.29) is 5.97 Å². The summed E-state index contributed by atoms with van der Waals surface area (Å²) < 4.78 is 4.90. The highest BCUT2D eigenvalue weighted by atomic mass is 16.5. The third kappa shape index (κ3) is 3.56. The number of nitrogens with two attached hydrogens (primary N) is 1. The molecule has 0 aliphatic rings. The maximum Gasteiger partial charge on any atom is 0.338 e. The minimum absolute atomic E-state index is 0.291. The number of rotatable bonds is 4. The number of benzene rings is 1. The van der Waals surface area contributed by atoms with Gasteiger partial charge in [-0.25, -0.2) is 4.79 Å². The normalized spacial score (nSPS) is 10.5. The number of ether oxygens (including phenoxy) is 1. The molecule has 80 valence electrons. The number of hydrogen-bond donors (Lipinski definition) is 1. The highest BCUT2D eigenvalue weighted by Crippen LogP contribution is 2.08. The van der Waals surface area contributed by atoms with E-state index in [9.17, 15) is 4.79 Å². The Morgan fingerprint density at radius 2 is 2.33 bits per heavy atom. The average molecular weight is 205 g/mol. The van der Waals surface area contributed by atoms with E-state index < -0.39 is 0 Å². The van der Waals surface area contributed by atoms with Crippen LogP contribution < -0.4 is 5.73 Å². The summed E-state index contributed by atoms with van der Waals surface area (Å²) in [6.45, 7) is 2.67. The van der Waals surface area contributed by atoms with Crippen molar-refractivity contribution in [1.29, 1.82) is 0 Å². The van der Waals surface area contributed by atoms with Gasteiger partial charge in [0, 0.05) is 6.54 Å². The lowest BCUT2D eigenvalue weighted by atomic mass is 10.1. The Hall–Kier alpha value is -1.61. The van der Waals surface area contributed by atoms with Crippen molar-refractivity contribution in [2.75, 3.05) is 13.2 Å². The van der Waals surface area contributed by atoms with Gasteiger partial charge >= 0.3 is 5.97 Å². The van der Waals surface area contributed by atoms with Gasteiger partial charge in [-0.1, -0.05) is 24.3 Å². The highest BCUT2D eigenvalue weighted by Gasteiger charge is 2.05. The summed E-state index contributed by atoms with van der Waals surface area (Å²) in [5, 5.41) is 0. The molecule has 0 unspecified atom stereocenters. The van der Waals surface area contributed by atoms with Crippen LogP contribution in [-0.2, 0) is 4.74 Å². The van der Waals surface area contributed by atoms with Gasteiger partial charge in [0.1, 0.15) is 0 Å². The van der Waals surface area contributed by atoms with Crippen molar-refractivity contribution in [2.24, 2.45) is 5.73 Å². The maximum absolute atomic E-state index is 11.4. The molecule has 0 spiro atoms. The SMILES string of the molecule is CCOC(=O)c1cccc(C=CCN)c1. The molecule has 0 aromatic heterocycles. The molecule has 0 aliphatic heterocycles. The lowest BCUT2D eigenvalue weighted by Gasteiger charge is -2.02. The molecular weight excluding hydrogens is 190 g/mol. The van der Waals surface area contributed by atoms with Crippen LogP contribution in [0.2, 0.25) is 0 Å². The Balaban J connectivity index is 2.82. The number of carbonyl (C=O) groups excluding carboxylic acids is 1. The zero-order chi connectivity index (χ0) is 11.1. The summed E-state index contributed by atoms with van der Waals surface area (Å²) in [5.41, 5.74) is 6.86. The zero-order valence-corrected chi connectivity index (χ0v) is 8.77. The maximum atomic E-state index is 11.4. The van der Waals surface area contributed by atoms with E-state index >= 15 is 0 Å². The van der Waals surface area contributed by atoms with Crippen molar-refractivity contribution >= 4 is 12.0 Å². The first-order valence-corrected chi connectivity index (χ1v) is 4.91. The Morgan fingerprint density at radius 3 is 3.00 bits per heavy atom. The molecule has 0 fully saturated rings. The van der Waals surface area contributed by atoms with E-state index in [1.165, 1.54) is 0 Å². The molecular formula is C12H15NO2. The monoisotopic (exact) mass is 205 g/mol. The lowest BCUT2D eigenvalue weighted by Crippen LogP contribution is -2.04. The quantitative estimate of drug-likeness (QED) is 0.763. The molecule has 0 amide bonds. The second-order valence-corrected chi connectivity index (χ2v) is 2.98. The van der Waals surface area contributed by atoms with E-state index in [4.69, 9.17) is 10.5 Å². The first-order chi connectivity index (χ1) is 7.27. The molecule has 3 heteroatoms. The van der Waals surface area contributed by atoms with Gasteiger partial charge in [0.2, 0.25) is 0 Å². The fraction of sp³-hybridized carbons (Fsp3) is 0.250. The number of carbonyl (C=O) groups is 1. The lowest BCUT2D eigenvalue weighted by molar-refractivity contribution is 0.0526. The smallest absolute Gasteiger partial charge is 0.338 e. The van der Waals surface area contributed by atoms with Crippen molar-refractivity contribution in [3.8, 4) is 0 Å². The van der Waals surface area contributed by atoms with Crippen LogP contribution in [0.25, 0.3) is 6.08 Å². The molecule has 1 rings (SSSR count). The van der Waals surface area contributed by atoms with Crippen LogP contribution in [0, 0.1) is 0 Å². The third-order valence-corrected chi connectivity index (χ3v) is 1.84. The van der Waals surface area contributed by atoms with Gasteiger partial charge in [0.25, 0.3) is 0 Å². The highest BCUT2D eigenvalue weighted by molar-refractivity contribution is 5.90. The fourth-order valence-electron chi connectivity index (χ4n) is 1.19. The Bertz CT molecular complexity index is 358. The van der Waals surface area contributed by atoms with Gasteiger partial charge in [0.05, 0.1) is 12.2 Å². The van der Waals surface area contributed by atoms with Crippen molar-refractivity contribution in [3.63, 3.8) is 0 Å². The van der Waals surface area contributed by atoms with Crippen LogP contribution in [0.5, 0.6) is 0 Å². The molecule has 0 saturated heterocycles. The van der Waals surface area contributed by atoms with Crippen LogP contribution >= 0.6 is 0 Å². The molecule has 1 aromatic carbocycles. The molecule has 0 atom stereocenters. The van der Waals surface area contributed by atoms with Crippen LogP contribution in [0.15, 0.2) is 30.3 Å². The Morgan fingerprint density at radius 1 is 1.53 bits per heavy atom. The van der Waals surface area contributed by atoms with Crippen molar-refractivity contribution in [2.45, 2.75) is 6.92 Å². The Kier molecular flexibility index (Phi) is 4.57. The third-order valence-electron chi connectivity index (χ3n) is 1.84. The topological polar surface area (TPSA) is 52.3 Å². The molecule has 2 N–H and O–H groups in total. The molecule has 0 bridgehead atoms. The molecule has 1 aromatic rings. The molecule has 15 heavy (non-hydrogen) atoms. The predicted molar refractivity (Wildman–Crippen MR) is 60.5 cm³/mol. The summed E-state index contributed by atoms with van der Waals surface area (Å²) in [6, 6.07) is 7.25. The van der Waals surface area contributed by atoms with Gasteiger partial charge in [-0.15, -0.1) is 0 Å². The van der Waals surface area contributed by atoms with Crippen LogP contribution in [-0.4, -0.2) is 19.1 Å². The first-order valence-electron chi connectivity index (χ1n) is 4.91. The molecule has 3 nitrogen and oxygen atoms in total. The summed E-state index contributed by atoms with van der Waals surface area (Å²) in [4.78, 5) is 11.4. The average Bonchev–Trinajstić information content (AvgIpc) is 2.27. The number of esters is 1. The number of hydrogen-bond acceptors (Lipinski definition) is 3. The summed E-state index contributed by atoms with van der Waals surface area (Å²) in [5.74, 6) is -0.291. The zero-order valence-electron chi connectivity index (χ0n) is 8.77. The van der Waals surface area contributed by atoms with E-state index in [0.29, 0.717) is 18.7 Å². The van der Waals surface area contributed by atoms with E-state index in [1.807, 2.05) is 24.3 Å². The van der Waals surface area contributed by atoms with Crippen molar-refractivity contribution < 1.29 is 9.53 Å². The predicted octanol–water partition coefficient (Wildman–Crippen LogP) is 1.84. The standard InChI is InChI=1S/C12H15NO2/c1-2-15-12(14)11-7-3-5-10(9-11)6-4-8-13/h3-7,9H,2,8,13H2,1H3. The van der Waals surface area contributed by atoms with Gasteiger partial charge in [-0.3, -0.25) is 0 Å². The molecule has 0 radical (unpaired) electrons. The van der Waals surface area contributed by atoms with Crippen molar-refractivity contribution in [1.82, 2.24) is 0 Å². The second-order valence-electron chi connectivity index (χ2n) is 2.98. The molecule has 0 aliphatic carbocycles. The van der Waals surface area contributed by atoms with Gasteiger partial charge < -0.3 is 10.5 Å². The fourth-order valence-corrected chi connectivity index (χ4v) is 1.19. The van der Waals surface area contributed by atoms with E-state index in [1.54, 1.807) is 19.1 Å². The molecule has 0 heterocycles. The van der Waals surface area contributed by atoms with Gasteiger partial charge in [0.15, 0.2) is 0 Å². The largest absolute Gasteiger partial charge is 0.462 e. The van der Waals surface area contributed by atoms with Gasteiger partial charge in [-0.05, 0) is 24.6 Å². The van der Waals surface area contributed by atoms with Crippen LogP contribution in [0.4, 0.5) is 0 Å². The van der Waals surface area contributed by atoms with Crippen LogP contribution in [0.1, 0.15) is 22.8 Å². The summed E-state index contributed by atoms with van der Waals surface area (Å²) >= 11 is 0. The molecule has 0 saturated carbocycles. The second kappa shape index (κ2) is 5.98. The Labute approximate surface area is 89.5 Å². The van der Waals surface area contributed by atoms with Gasteiger partial charge in [-0.2, -0.15) is 0 Å². The van der Waals surface area contributed by atoms with Crippen LogP contribution in [0.3, 0.4) is 0 Å². The first kappa shape index (κ1) is 11.5.